The summed E-state index contributed by atoms with van der Waals surface area (Å²) in [5.41, 5.74) is 0.467. The maximum Gasteiger partial charge on any atom is 0.346 e. The summed E-state index contributed by atoms with van der Waals surface area (Å²) in [6.07, 6.45) is -1.97. The van der Waals surface area contributed by atoms with E-state index in [0.717, 1.165) is 0 Å². The van der Waals surface area contributed by atoms with Gasteiger partial charge in [-0.25, -0.2) is 4.79 Å². The van der Waals surface area contributed by atoms with Crippen LogP contribution in [0, 0.1) is 11.3 Å². The van der Waals surface area contributed by atoms with E-state index >= 15 is 0 Å². The van der Waals surface area contributed by atoms with E-state index in [2.05, 4.69) is 6.07 Å². The molecule has 8 heteroatoms. The Morgan fingerprint density at radius 1 is 0.914 bits per heavy atom. The maximum absolute atomic E-state index is 13.5. The quantitative estimate of drug-likeness (QED) is 0.463. The number of ether oxygens (including phenoxy) is 6. The molecule has 1 saturated heterocycles. The number of carbonyl (C=O) groups is 1. The van der Waals surface area contributed by atoms with E-state index in [9.17, 15) is 10.1 Å². The number of esters is 1. The van der Waals surface area contributed by atoms with Crippen LogP contribution in [0.2, 0.25) is 0 Å². The molecule has 3 aromatic carbocycles. The van der Waals surface area contributed by atoms with E-state index in [4.69, 9.17) is 28.4 Å². The molecule has 8 nitrogen and oxygen atoms in total. The lowest BCUT2D eigenvalue weighted by molar-refractivity contribution is -0.173. The van der Waals surface area contributed by atoms with Crippen LogP contribution in [-0.2, 0) is 24.6 Å². The summed E-state index contributed by atoms with van der Waals surface area (Å²) in [6.45, 7) is 0. The zero-order valence-electron chi connectivity index (χ0n) is 19.8. The monoisotopic (exact) mass is 475 g/mol. The SMILES string of the molecule is COC(=O)[C@]1(c2ccccc2)O[C@@H](c2c(OC)cc(OC)cc2OC)O[C@H]1c1ccc(C#N)cc1. The zero-order chi connectivity index (χ0) is 25.0. The molecule has 0 N–H and O–H groups in total. The summed E-state index contributed by atoms with van der Waals surface area (Å²) in [5.74, 6) is 0.690. The molecule has 3 atom stereocenters. The summed E-state index contributed by atoms with van der Waals surface area (Å²) >= 11 is 0. The number of nitrogens with zero attached hydrogens (tertiary/aromatic N) is 1. The summed E-state index contributed by atoms with van der Waals surface area (Å²) in [7, 11) is 5.86. The van der Waals surface area contributed by atoms with Gasteiger partial charge in [-0.2, -0.15) is 5.26 Å². The van der Waals surface area contributed by atoms with Gasteiger partial charge in [-0.05, 0) is 23.3 Å². The third kappa shape index (κ3) is 4.16. The molecular weight excluding hydrogens is 450 g/mol. The van der Waals surface area contributed by atoms with Crippen molar-refractivity contribution in [2.24, 2.45) is 0 Å². The van der Waals surface area contributed by atoms with Gasteiger partial charge in [0.15, 0.2) is 6.29 Å². The maximum atomic E-state index is 13.5. The van der Waals surface area contributed by atoms with Crippen LogP contribution >= 0.6 is 0 Å². The fourth-order valence-electron chi connectivity index (χ4n) is 4.25. The largest absolute Gasteiger partial charge is 0.496 e. The lowest BCUT2D eigenvalue weighted by atomic mass is 9.84. The molecular formula is C27H25NO7. The molecule has 0 bridgehead atoms. The van der Waals surface area contributed by atoms with Crippen LogP contribution in [0.25, 0.3) is 0 Å². The Morgan fingerprint density at radius 2 is 1.54 bits per heavy atom. The molecule has 0 saturated carbocycles. The Hall–Kier alpha value is -4.06. The van der Waals surface area contributed by atoms with Crippen molar-refractivity contribution in [3.8, 4) is 23.3 Å². The Bertz CT molecular complexity index is 1210. The summed E-state index contributed by atoms with van der Waals surface area (Å²) in [5, 5.41) is 9.23. The molecule has 0 unspecified atom stereocenters. The number of carbonyl (C=O) groups excluding carboxylic acids is 1. The first kappa shape index (κ1) is 24.1. The van der Waals surface area contributed by atoms with Gasteiger partial charge in [0.05, 0.1) is 45.6 Å². The molecule has 0 aliphatic carbocycles. The van der Waals surface area contributed by atoms with Gasteiger partial charge in [0.2, 0.25) is 5.60 Å². The predicted octanol–water partition coefficient (Wildman–Crippen LogP) is 4.44. The van der Waals surface area contributed by atoms with Crippen LogP contribution < -0.4 is 14.2 Å². The minimum atomic E-state index is -1.65. The van der Waals surface area contributed by atoms with Crippen molar-refractivity contribution in [1.82, 2.24) is 0 Å². The van der Waals surface area contributed by atoms with Gasteiger partial charge >= 0.3 is 5.97 Å². The first-order valence-electron chi connectivity index (χ1n) is 10.8. The lowest BCUT2D eigenvalue weighted by Gasteiger charge is -2.30. The highest BCUT2D eigenvalue weighted by Crippen LogP contribution is 2.56. The molecule has 0 radical (unpaired) electrons. The molecule has 0 amide bonds. The van der Waals surface area contributed by atoms with E-state index in [1.165, 1.54) is 28.4 Å². The van der Waals surface area contributed by atoms with Crippen molar-refractivity contribution >= 4 is 5.97 Å². The topological polar surface area (TPSA) is 96.2 Å². The molecule has 180 valence electrons. The van der Waals surface area contributed by atoms with Crippen molar-refractivity contribution in [3.05, 3.63) is 89.0 Å². The number of benzene rings is 3. The molecule has 1 heterocycles. The molecule has 1 aliphatic heterocycles. The Balaban J connectivity index is 1.93. The lowest BCUT2D eigenvalue weighted by Crippen LogP contribution is -2.41. The van der Waals surface area contributed by atoms with Crippen LogP contribution in [0.15, 0.2) is 66.7 Å². The average molecular weight is 475 g/mol. The molecule has 0 spiro atoms. The van der Waals surface area contributed by atoms with Crippen molar-refractivity contribution in [2.45, 2.75) is 18.0 Å². The summed E-state index contributed by atoms with van der Waals surface area (Å²) in [6, 6.07) is 21.3. The Kier molecular flexibility index (Phi) is 6.92. The van der Waals surface area contributed by atoms with Crippen LogP contribution in [0.3, 0.4) is 0 Å². The summed E-state index contributed by atoms with van der Waals surface area (Å²) in [4.78, 5) is 13.5. The summed E-state index contributed by atoms with van der Waals surface area (Å²) < 4.78 is 34.7. The van der Waals surface area contributed by atoms with E-state index < -0.39 is 24.0 Å². The zero-order valence-corrected chi connectivity index (χ0v) is 19.8. The van der Waals surface area contributed by atoms with E-state index in [1.54, 1.807) is 60.7 Å². The molecule has 4 rings (SSSR count). The third-order valence-corrected chi connectivity index (χ3v) is 5.94. The first-order chi connectivity index (χ1) is 17.0. The molecule has 1 fully saturated rings. The van der Waals surface area contributed by atoms with Gasteiger partial charge in [0.25, 0.3) is 0 Å². The fourth-order valence-corrected chi connectivity index (χ4v) is 4.25. The van der Waals surface area contributed by atoms with Crippen molar-refractivity contribution in [1.29, 1.82) is 5.26 Å². The Labute approximate surface area is 203 Å². The predicted molar refractivity (Wildman–Crippen MR) is 125 cm³/mol. The minimum Gasteiger partial charge on any atom is -0.496 e. The van der Waals surface area contributed by atoms with Crippen LogP contribution in [0.5, 0.6) is 17.2 Å². The fraction of sp³-hybridized carbons (Fsp3) is 0.259. The van der Waals surface area contributed by atoms with Gasteiger partial charge in [0, 0.05) is 12.1 Å². The van der Waals surface area contributed by atoms with E-state index in [-0.39, 0.29) is 0 Å². The van der Waals surface area contributed by atoms with Gasteiger partial charge in [-0.1, -0.05) is 42.5 Å². The highest BCUT2D eigenvalue weighted by Gasteiger charge is 2.59. The van der Waals surface area contributed by atoms with E-state index in [0.29, 0.717) is 39.5 Å². The number of hydrogen-bond acceptors (Lipinski definition) is 8. The normalized spacial score (nSPS) is 21.1. The van der Waals surface area contributed by atoms with Crippen molar-refractivity contribution in [2.75, 3.05) is 28.4 Å². The highest BCUT2D eigenvalue weighted by atomic mass is 16.8. The minimum absolute atomic E-state index is 0.401. The second-order valence-corrected chi connectivity index (χ2v) is 7.74. The van der Waals surface area contributed by atoms with Crippen LogP contribution in [-0.4, -0.2) is 34.4 Å². The average Bonchev–Trinajstić information content (AvgIpc) is 3.33. The van der Waals surface area contributed by atoms with Gasteiger partial charge < -0.3 is 28.4 Å². The second kappa shape index (κ2) is 10.1. The van der Waals surface area contributed by atoms with Crippen LogP contribution in [0.1, 0.15) is 34.6 Å². The first-order valence-corrected chi connectivity index (χ1v) is 10.8. The van der Waals surface area contributed by atoms with Gasteiger partial charge in [-0.3, -0.25) is 0 Å². The Morgan fingerprint density at radius 3 is 2.06 bits per heavy atom. The number of nitriles is 1. The standard InChI is InChI=1S/C27H25NO7/c1-30-20-14-21(31-2)23(22(15-20)32-3)25-34-24(18-12-10-17(16-28)11-13-18)27(35-25,26(29)33-4)19-8-6-5-7-9-19/h5-15,24-25H,1-4H3/t24-,25-,27+/m0/s1. The molecule has 35 heavy (non-hydrogen) atoms. The number of methoxy groups -OCH3 is 4. The smallest absolute Gasteiger partial charge is 0.346 e. The molecule has 0 aromatic heterocycles. The number of hydrogen-bond donors (Lipinski definition) is 0. The van der Waals surface area contributed by atoms with Crippen molar-refractivity contribution < 1.29 is 33.2 Å². The molecule has 3 aromatic rings. The van der Waals surface area contributed by atoms with Gasteiger partial charge in [-0.15, -0.1) is 0 Å². The number of rotatable bonds is 7. The van der Waals surface area contributed by atoms with E-state index in [1.807, 2.05) is 6.07 Å². The second-order valence-electron chi connectivity index (χ2n) is 7.74. The van der Waals surface area contributed by atoms with Crippen LogP contribution in [0.4, 0.5) is 0 Å². The highest BCUT2D eigenvalue weighted by molar-refractivity contribution is 5.83. The van der Waals surface area contributed by atoms with Gasteiger partial charge in [0.1, 0.15) is 23.4 Å². The molecule has 1 aliphatic rings. The van der Waals surface area contributed by atoms with Crippen molar-refractivity contribution in [3.63, 3.8) is 0 Å². The third-order valence-electron chi connectivity index (χ3n) is 5.94.